The van der Waals surface area contributed by atoms with E-state index in [1.165, 1.54) is 16.7 Å². The molecule has 2 aromatic rings. The monoisotopic (exact) mass is 246 g/mol. The van der Waals surface area contributed by atoms with E-state index in [4.69, 9.17) is 18.0 Å². The van der Waals surface area contributed by atoms with Crippen LogP contribution < -0.4 is 5.73 Å². The summed E-state index contributed by atoms with van der Waals surface area (Å²) in [4.78, 5) is 4.28. The van der Waals surface area contributed by atoms with Crippen LogP contribution in [0.15, 0.2) is 24.5 Å². The number of thiocarbonyl (C=S) groups is 1. The molecule has 5 heteroatoms. The predicted molar refractivity (Wildman–Crippen MR) is 70.9 cm³/mol. The smallest absolute Gasteiger partial charge is 0.208 e. The Morgan fingerprint density at radius 3 is 2.82 bits per heavy atom. The van der Waals surface area contributed by atoms with Crippen molar-refractivity contribution in [3.63, 3.8) is 0 Å². The van der Waals surface area contributed by atoms with Gasteiger partial charge in [-0.25, -0.2) is 9.67 Å². The second-order valence-electron chi connectivity index (χ2n) is 4.06. The lowest BCUT2D eigenvalue weighted by atomic mass is 10.1. The molecule has 0 saturated heterocycles. The van der Waals surface area contributed by atoms with E-state index in [1.807, 2.05) is 0 Å². The van der Waals surface area contributed by atoms with Crippen LogP contribution in [0, 0.1) is 13.8 Å². The van der Waals surface area contributed by atoms with Crippen molar-refractivity contribution < 1.29 is 0 Å². The molecule has 0 amide bonds. The third-order valence-corrected chi connectivity index (χ3v) is 2.78. The highest BCUT2D eigenvalue weighted by molar-refractivity contribution is 7.80. The number of hydrogen-bond donors (Lipinski definition) is 1. The number of rotatable bonds is 3. The van der Waals surface area contributed by atoms with Gasteiger partial charge in [-0.2, -0.15) is 0 Å². The minimum Gasteiger partial charge on any atom is -0.387 e. The van der Waals surface area contributed by atoms with Crippen molar-refractivity contribution in [2.45, 2.75) is 20.4 Å². The van der Waals surface area contributed by atoms with Gasteiger partial charge in [-0.15, -0.1) is 5.10 Å². The van der Waals surface area contributed by atoms with E-state index in [2.05, 4.69) is 42.1 Å². The van der Waals surface area contributed by atoms with Gasteiger partial charge in [-0.1, -0.05) is 36.0 Å². The molecule has 0 bridgehead atoms. The maximum atomic E-state index is 5.47. The van der Waals surface area contributed by atoms with Crippen LogP contribution in [0.3, 0.4) is 0 Å². The summed E-state index contributed by atoms with van der Waals surface area (Å²) in [6.07, 6.45) is 1.65. The van der Waals surface area contributed by atoms with Gasteiger partial charge in [-0.3, -0.25) is 0 Å². The topological polar surface area (TPSA) is 56.7 Å². The van der Waals surface area contributed by atoms with Crippen molar-refractivity contribution >= 4 is 17.2 Å². The molecule has 0 radical (unpaired) electrons. The fourth-order valence-electron chi connectivity index (χ4n) is 1.63. The van der Waals surface area contributed by atoms with E-state index in [0.717, 1.165) is 0 Å². The van der Waals surface area contributed by atoms with Gasteiger partial charge in [0, 0.05) is 0 Å². The van der Waals surface area contributed by atoms with Crippen LogP contribution in [-0.2, 0) is 6.54 Å². The summed E-state index contributed by atoms with van der Waals surface area (Å²) in [6, 6.07) is 6.36. The number of benzene rings is 1. The highest BCUT2D eigenvalue weighted by Gasteiger charge is 2.05. The molecule has 0 aliphatic heterocycles. The Morgan fingerprint density at radius 2 is 2.18 bits per heavy atom. The molecule has 2 rings (SSSR count). The average Bonchev–Trinajstić information content (AvgIpc) is 2.72. The molecule has 0 saturated carbocycles. The predicted octanol–water partition coefficient (Wildman–Crippen LogP) is 1.58. The van der Waals surface area contributed by atoms with Gasteiger partial charge in [-0.05, 0) is 25.0 Å². The van der Waals surface area contributed by atoms with Crippen LogP contribution in [0.2, 0.25) is 0 Å². The summed E-state index contributed by atoms with van der Waals surface area (Å²) in [5, 5.41) is 4.22. The second-order valence-corrected chi connectivity index (χ2v) is 4.50. The molecule has 0 spiro atoms. The van der Waals surface area contributed by atoms with Gasteiger partial charge >= 0.3 is 0 Å². The molecule has 4 nitrogen and oxygen atoms in total. The van der Waals surface area contributed by atoms with E-state index < -0.39 is 0 Å². The normalized spacial score (nSPS) is 10.5. The van der Waals surface area contributed by atoms with Crippen LogP contribution in [0.4, 0.5) is 0 Å². The Bertz CT molecular complexity index is 559. The highest BCUT2D eigenvalue weighted by Crippen LogP contribution is 2.11. The Morgan fingerprint density at radius 1 is 1.41 bits per heavy atom. The zero-order valence-electron chi connectivity index (χ0n) is 9.84. The molecule has 2 N–H and O–H groups in total. The summed E-state index contributed by atoms with van der Waals surface area (Å²) < 4.78 is 1.75. The first kappa shape index (κ1) is 11.7. The van der Waals surface area contributed by atoms with E-state index >= 15 is 0 Å². The third-order valence-electron chi connectivity index (χ3n) is 2.59. The van der Waals surface area contributed by atoms with Gasteiger partial charge in [0.25, 0.3) is 0 Å². The van der Waals surface area contributed by atoms with Crippen LogP contribution in [0.5, 0.6) is 0 Å². The SMILES string of the molecule is Cc1ccc(C)c(Cn2cnc(C(N)=S)n2)c1. The standard InChI is InChI=1S/C12H14N4S/c1-8-3-4-9(2)10(5-8)6-16-7-14-12(15-16)11(13)17/h3-5,7H,6H2,1-2H3,(H2,13,17). The van der Waals surface area contributed by atoms with Crippen LogP contribution in [0.1, 0.15) is 22.5 Å². The maximum absolute atomic E-state index is 5.47. The zero-order valence-corrected chi connectivity index (χ0v) is 10.7. The van der Waals surface area contributed by atoms with Crippen molar-refractivity contribution in [2.75, 3.05) is 0 Å². The maximum Gasteiger partial charge on any atom is 0.208 e. The van der Waals surface area contributed by atoms with Gasteiger partial charge in [0.15, 0.2) is 0 Å². The minimum absolute atomic E-state index is 0.227. The molecule has 1 aromatic carbocycles. The molecular weight excluding hydrogens is 232 g/mol. The Hall–Kier alpha value is -1.75. The van der Waals surface area contributed by atoms with Crippen LogP contribution in [0.25, 0.3) is 0 Å². The minimum atomic E-state index is 0.227. The van der Waals surface area contributed by atoms with E-state index in [-0.39, 0.29) is 4.99 Å². The van der Waals surface area contributed by atoms with Gasteiger partial charge in [0.2, 0.25) is 5.82 Å². The lowest BCUT2D eigenvalue weighted by molar-refractivity contribution is 0.680. The molecule has 1 heterocycles. The molecule has 0 fully saturated rings. The van der Waals surface area contributed by atoms with Crippen LogP contribution >= 0.6 is 12.2 Å². The van der Waals surface area contributed by atoms with Crippen molar-refractivity contribution in [2.24, 2.45) is 5.73 Å². The lowest BCUT2D eigenvalue weighted by Crippen LogP contribution is -2.12. The second kappa shape index (κ2) is 4.63. The molecule has 17 heavy (non-hydrogen) atoms. The third kappa shape index (κ3) is 2.68. The molecule has 0 atom stereocenters. The molecule has 0 aliphatic rings. The summed E-state index contributed by atoms with van der Waals surface area (Å²) in [5.74, 6) is 0.422. The first-order valence-corrected chi connectivity index (χ1v) is 5.72. The largest absolute Gasteiger partial charge is 0.387 e. The van der Waals surface area contributed by atoms with Gasteiger partial charge in [0.05, 0.1) is 6.54 Å². The van der Waals surface area contributed by atoms with E-state index in [1.54, 1.807) is 11.0 Å². The zero-order chi connectivity index (χ0) is 12.4. The Labute approximate surface area is 105 Å². The summed E-state index contributed by atoms with van der Waals surface area (Å²) >= 11 is 4.83. The number of aromatic nitrogens is 3. The first-order chi connectivity index (χ1) is 8.06. The quantitative estimate of drug-likeness (QED) is 0.835. The van der Waals surface area contributed by atoms with Crippen molar-refractivity contribution in [1.29, 1.82) is 0 Å². The first-order valence-electron chi connectivity index (χ1n) is 5.31. The van der Waals surface area contributed by atoms with E-state index in [9.17, 15) is 0 Å². The molecule has 88 valence electrons. The fourth-order valence-corrected chi connectivity index (χ4v) is 1.72. The van der Waals surface area contributed by atoms with Crippen molar-refractivity contribution in [3.8, 4) is 0 Å². The molecule has 1 aromatic heterocycles. The summed E-state index contributed by atoms with van der Waals surface area (Å²) in [7, 11) is 0. The number of hydrogen-bond acceptors (Lipinski definition) is 3. The van der Waals surface area contributed by atoms with E-state index in [0.29, 0.717) is 12.4 Å². The lowest BCUT2D eigenvalue weighted by Gasteiger charge is -2.06. The fraction of sp³-hybridized carbons (Fsp3) is 0.250. The Kier molecular flexibility index (Phi) is 3.19. The Balaban J connectivity index is 2.25. The summed E-state index contributed by atoms with van der Waals surface area (Å²) in [5.41, 5.74) is 9.17. The van der Waals surface area contributed by atoms with Gasteiger partial charge in [0.1, 0.15) is 11.3 Å². The molecule has 0 aliphatic carbocycles. The number of aryl methyl sites for hydroxylation is 2. The molecule has 0 unspecified atom stereocenters. The number of nitrogens with two attached hydrogens (primary N) is 1. The van der Waals surface area contributed by atoms with Crippen LogP contribution in [-0.4, -0.2) is 19.8 Å². The van der Waals surface area contributed by atoms with Gasteiger partial charge < -0.3 is 5.73 Å². The van der Waals surface area contributed by atoms with Crippen molar-refractivity contribution in [3.05, 3.63) is 47.0 Å². The average molecular weight is 246 g/mol. The van der Waals surface area contributed by atoms with Crippen molar-refractivity contribution in [1.82, 2.24) is 14.8 Å². The summed E-state index contributed by atoms with van der Waals surface area (Å²) in [6.45, 7) is 4.84. The highest BCUT2D eigenvalue weighted by atomic mass is 32.1. The molecular formula is C12H14N4S. The number of nitrogens with zero attached hydrogens (tertiary/aromatic N) is 3.